The van der Waals surface area contributed by atoms with Crippen LogP contribution >= 0.6 is 0 Å². The number of ether oxygens (including phenoxy) is 1. The first kappa shape index (κ1) is 13.3. The molecule has 5 nitrogen and oxygen atoms in total. The molecule has 1 aromatic carbocycles. The summed E-state index contributed by atoms with van der Waals surface area (Å²) in [6.07, 6.45) is 4.21. The predicted molar refractivity (Wildman–Crippen MR) is 76.2 cm³/mol. The second-order valence-corrected chi connectivity index (χ2v) is 4.05. The average molecular weight is 258 g/mol. The van der Waals surface area contributed by atoms with Crippen molar-refractivity contribution in [3.8, 4) is 17.0 Å². The Bertz CT molecular complexity index is 530. The molecule has 1 heterocycles. The number of nitrogens with zero attached hydrogens (tertiary/aromatic N) is 2. The Morgan fingerprint density at radius 1 is 1.32 bits per heavy atom. The first-order valence-electron chi connectivity index (χ1n) is 6.24. The summed E-state index contributed by atoms with van der Waals surface area (Å²) in [5, 5.41) is 3.30. The van der Waals surface area contributed by atoms with E-state index in [4.69, 9.17) is 10.5 Å². The minimum absolute atomic E-state index is 0.657. The second kappa shape index (κ2) is 6.70. The monoisotopic (exact) mass is 258 g/mol. The van der Waals surface area contributed by atoms with Gasteiger partial charge in [0, 0.05) is 12.1 Å². The van der Waals surface area contributed by atoms with E-state index >= 15 is 0 Å². The lowest BCUT2D eigenvalue weighted by atomic mass is 10.1. The normalized spacial score (nSPS) is 10.2. The quantitative estimate of drug-likeness (QED) is 0.774. The van der Waals surface area contributed by atoms with E-state index in [2.05, 4.69) is 15.3 Å². The number of anilines is 1. The number of hydrogen-bond acceptors (Lipinski definition) is 5. The summed E-state index contributed by atoms with van der Waals surface area (Å²) in [5.74, 6) is 0.795. The van der Waals surface area contributed by atoms with Gasteiger partial charge in [-0.05, 0) is 25.1 Å². The molecular weight excluding hydrogens is 240 g/mol. The molecule has 0 fully saturated rings. The maximum atomic E-state index is 5.50. The molecule has 100 valence electrons. The van der Waals surface area contributed by atoms with Crippen LogP contribution in [0.25, 0.3) is 11.3 Å². The zero-order valence-electron chi connectivity index (χ0n) is 11.0. The summed E-state index contributed by atoms with van der Waals surface area (Å²) in [4.78, 5) is 8.41. The molecule has 3 N–H and O–H groups in total. The minimum atomic E-state index is 0.657. The van der Waals surface area contributed by atoms with Gasteiger partial charge in [0.25, 0.3) is 0 Å². The van der Waals surface area contributed by atoms with Gasteiger partial charge in [-0.15, -0.1) is 0 Å². The van der Waals surface area contributed by atoms with E-state index in [0.717, 1.165) is 35.7 Å². The lowest BCUT2D eigenvalue weighted by molar-refractivity contribution is 0.416. The molecule has 0 radical (unpaired) electrons. The van der Waals surface area contributed by atoms with Crippen LogP contribution in [0.5, 0.6) is 5.75 Å². The number of rotatable bonds is 6. The molecule has 19 heavy (non-hydrogen) atoms. The molecule has 2 rings (SSSR count). The fraction of sp³-hybridized carbons (Fsp3) is 0.286. The highest BCUT2D eigenvalue weighted by Gasteiger charge is 2.10. The van der Waals surface area contributed by atoms with E-state index in [1.165, 1.54) is 6.33 Å². The topological polar surface area (TPSA) is 73.1 Å². The summed E-state index contributed by atoms with van der Waals surface area (Å²) in [7, 11) is 1.65. The largest absolute Gasteiger partial charge is 0.496 e. The van der Waals surface area contributed by atoms with Crippen molar-refractivity contribution in [3.05, 3.63) is 36.8 Å². The Hall–Kier alpha value is -2.14. The molecule has 0 amide bonds. The van der Waals surface area contributed by atoms with E-state index in [1.807, 2.05) is 24.3 Å². The summed E-state index contributed by atoms with van der Waals surface area (Å²) >= 11 is 0. The van der Waals surface area contributed by atoms with Crippen LogP contribution in [-0.2, 0) is 0 Å². The number of aromatic nitrogens is 2. The molecule has 0 unspecified atom stereocenters. The lowest BCUT2D eigenvalue weighted by Crippen LogP contribution is -2.09. The maximum absolute atomic E-state index is 5.50. The molecule has 0 saturated heterocycles. The summed E-state index contributed by atoms with van der Waals surface area (Å²) < 4.78 is 5.37. The van der Waals surface area contributed by atoms with E-state index in [0.29, 0.717) is 6.54 Å². The number of nitrogens with two attached hydrogens (primary N) is 1. The van der Waals surface area contributed by atoms with Crippen molar-refractivity contribution in [2.45, 2.75) is 6.42 Å². The van der Waals surface area contributed by atoms with Gasteiger partial charge >= 0.3 is 0 Å². The molecule has 0 saturated carbocycles. The molecule has 0 bridgehead atoms. The molecule has 0 spiro atoms. The van der Waals surface area contributed by atoms with Crippen LogP contribution in [-0.4, -0.2) is 30.2 Å². The highest BCUT2D eigenvalue weighted by Crippen LogP contribution is 2.32. The van der Waals surface area contributed by atoms with Gasteiger partial charge in [-0.3, -0.25) is 0 Å². The van der Waals surface area contributed by atoms with Crippen molar-refractivity contribution in [1.82, 2.24) is 9.97 Å². The summed E-state index contributed by atoms with van der Waals surface area (Å²) in [5.41, 5.74) is 8.17. The third-order valence-electron chi connectivity index (χ3n) is 2.77. The number of nitrogens with one attached hydrogen (secondary N) is 1. The van der Waals surface area contributed by atoms with Crippen LogP contribution in [0.2, 0.25) is 0 Å². The average Bonchev–Trinajstić information content (AvgIpc) is 2.48. The second-order valence-electron chi connectivity index (χ2n) is 4.05. The van der Waals surface area contributed by atoms with Crippen molar-refractivity contribution >= 4 is 5.69 Å². The Kier molecular flexibility index (Phi) is 4.69. The SMILES string of the molecule is COc1ccccc1-c1ncncc1NCCCN. The molecule has 0 atom stereocenters. The zero-order valence-corrected chi connectivity index (χ0v) is 11.0. The highest BCUT2D eigenvalue weighted by atomic mass is 16.5. The molecule has 2 aromatic rings. The van der Waals surface area contributed by atoms with Crippen molar-refractivity contribution in [1.29, 1.82) is 0 Å². The van der Waals surface area contributed by atoms with Crippen LogP contribution in [0.3, 0.4) is 0 Å². The first-order chi connectivity index (χ1) is 9.36. The lowest BCUT2D eigenvalue weighted by Gasteiger charge is -2.12. The minimum Gasteiger partial charge on any atom is -0.496 e. The number of hydrogen-bond donors (Lipinski definition) is 2. The zero-order chi connectivity index (χ0) is 13.5. The van der Waals surface area contributed by atoms with Crippen LogP contribution in [0.1, 0.15) is 6.42 Å². The number of para-hydroxylation sites is 1. The van der Waals surface area contributed by atoms with E-state index in [-0.39, 0.29) is 0 Å². The van der Waals surface area contributed by atoms with Gasteiger partial charge in [0.05, 0.1) is 19.0 Å². The Morgan fingerprint density at radius 2 is 2.16 bits per heavy atom. The van der Waals surface area contributed by atoms with Gasteiger partial charge < -0.3 is 15.8 Å². The number of methoxy groups -OCH3 is 1. The highest BCUT2D eigenvalue weighted by molar-refractivity contribution is 5.77. The van der Waals surface area contributed by atoms with Crippen LogP contribution in [0.4, 0.5) is 5.69 Å². The Morgan fingerprint density at radius 3 is 2.95 bits per heavy atom. The van der Waals surface area contributed by atoms with Gasteiger partial charge in [0.2, 0.25) is 0 Å². The molecule has 0 aliphatic rings. The van der Waals surface area contributed by atoms with Crippen LogP contribution in [0, 0.1) is 0 Å². The van der Waals surface area contributed by atoms with Gasteiger partial charge in [-0.1, -0.05) is 12.1 Å². The maximum Gasteiger partial charge on any atom is 0.128 e. The summed E-state index contributed by atoms with van der Waals surface area (Å²) in [6, 6.07) is 7.80. The first-order valence-corrected chi connectivity index (χ1v) is 6.24. The predicted octanol–water partition coefficient (Wildman–Crippen LogP) is 1.91. The van der Waals surface area contributed by atoms with E-state index in [9.17, 15) is 0 Å². The molecular formula is C14H18N4O. The van der Waals surface area contributed by atoms with Gasteiger partial charge in [-0.2, -0.15) is 0 Å². The third-order valence-corrected chi connectivity index (χ3v) is 2.77. The van der Waals surface area contributed by atoms with Gasteiger partial charge in [-0.25, -0.2) is 9.97 Å². The molecule has 0 aliphatic heterocycles. The van der Waals surface area contributed by atoms with Crippen molar-refractivity contribution in [3.63, 3.8) is 0 Å². The fourth-order valence-corrected chi connectivity index (χ4v) is 1.84. The fourth-order valence-electron chi connectivity index (χ4n) is 1.84. The number of benzene rings is 1. The Balaban J connectivity index is 2.33. The van der Waals surface area contributed by atoms with Gasteiger partial charge in [0.1, 0.15) is 17.8 Å². The van der Waals surface area contributed by atoms with Crippen molar-refractivity contribution < 1.29 is 4.74 Å². The van der Waals surface area contributed by atoms with E-state index in [1.54, 1.807) is 13.3 Å². The Labute approximate surface area is 112 Å². The molecule has 5 heteroatoms. The van der Waals surface area contributed by atoms with E-state index < -0.39 is 0 Å². The smallest absolute Gasteiger partial charge is 0.128 e. The van der Waals surface area contributed by atoms with Crippen LogP contribution < -0.4 is 15.8 Å². The van der Waals surface area contributed by atoms with Crippen molar-refractivity contribution in [2.24, 2.45) is 5.73 Å². The van der Waals surface area contributed by atoms with Crippen LogP contribution in [0.15, 0.2) is 36.8 Å². The molecule has 1 aromatic heterocycles. The third kappa shape index (κ3) is 3.20. The standard InChI is InChI=1S/C14H18N4O/c1-19-13-6-3-2-5-11(13)14-12(9-16-10-18-14)17-8-4-7-15/h2-3,5-6,9-10,17H,4,7-8,15H2,1H3. The summed E-state index contributed by atoms with van der Waals surface area (Å²) in [6.45, 7) is 1.46. The molecule has 0 aliphatic carbocycles. The van der Waals surface area contributed by atoms with Gasteiger partial charge in [0.15, 0.2) is 0 Å². The van der Waals surface area contributed by atoms with Crippen molar-refractivity contribution in [2.75, 3.05) is 25.5 Å².